The third-order valence-electron chi connectivity index (χ3n) is 3.50. The third kappa shape index (κ3) is 2.85. The van der Waals surface area contributed by atoms with Gasteiger partial charge in [0.15, 0.2) is 5.17 Å². The summed E-state index contributed by atoms with van der Waals surface area (Å²) in [6.45, 7) is 4.09. The molecule has 1 aromatic heterocycles. The van der Waals surface area contributed by atoms with Gasteiger partial charge in [-0.3, -0.25) is 10.2 Å². The molecule has 2 N–H and O–H groups in total. The predicted octanol–water partition coefficient (Wildman–Crippen LogP) is 3.84. The smallest absolute Gasteiger partial charge is 0.264 e. The van der Waals surface area contributed by atoms with E-state index in [1.54, 1.807) is 0 Å². The first-order valence-electron chi connectivity index (χ1n) is 6.70. The van der Waals surface area contributed by atoms with Gasteiger partial charge in [-0.15, -0.1) is 0 Å². The van der Waals surface area contributed by atoms with Gasteiger partial charge in [0.1, 0.15) is 0 Å². The first kappa shape index (κ1) is 15.4. The maximum Gasteiger partial charge on any atom is 0.264 e. The quantitative estimate of drug-likeness (QED) is 0.570. The van der Waals surface area contributed by atoms with Crippen molar-refractivity contribution >= 4 is 51.5 Å². The zero-order valence-electron chi connectivity index (χ0n) is 12.1. The topological polar surface area (TPSA) is 57.9 Å². The molecule has 1 saturated heterocycles. The molecule has 1 fully saturated rings. The Morgan fingerprint density at radius 2 is 1.95 bits per heavy atom. The number of carbonyl (C=O) groups excluding carboxylic acids is 1. The Labute approximate surface area is 146 Å². The molecule has 22 heavy (non-hydrogen) atoms. The molecule has 1 aromatic carbocycles. The number of aromatic nitrogens is 1. The molecule has 2 heterocycles. The van der Waals surface area contributed by atoms with E-state index >= 15 is 0 Å². The number of rotatable bonds is 2. The minimum Gasteiger partial charge on any atom is -0.318 e. The van der Waals surface area contributed by atoms with Crippen LogP contribution in [-0.2, 0) is 4.79 Å². The number of halogens is 1. The minimum atomic E-state index is -0.200. The maximum atomic E-state index is 11.8. The van der Waals surface area contributed by atoms with Gasteiger partial charge in [0, 0.05) is 20.6 Å². The molecule has 0 radical (unpaired) electrons. The molecule has 2 aromatic rings. The Morgan fingerprint density at radius 3 is 2.55 bits per heavy atom. The molecule has 1 aliphatic heterocycles. The lowest BCUT2D eigenvalue weighted by molar-refractivity contribution is -0.115. The van der Waals surface area contributed by atoms with Gasteiger partial charge < -0.3 is 9.88 Å². The van der Waals surface area contributed by atoms with Gasteiger partial charge in [-0.1, -0.05) is 0 Å². The molecule has 0 bridgehead atoms. The SMILES string of the molecule is Cc1cc(C=C2SC(=N)NC2=O)c(C)n1-c1ccc(I)cc1. The molecule has 0 aliphatic carbocycles. The van der Waals surface area contributed by atoms with Crippen molar-refractivity contribution in [2.75, 3.05) is 0 Å². The van der Waals surface area contributed by atoms with Crippen LogP contribution in [0, 0.1) is 22.8 Å². The molecular formula is C16H14IN3OS. The average Bonchev–Trinajstić information content (AvgIpc) is 2.92. The van der Waals surface area contributed by atoms with E-state index in [1.807, 2.05) is 13.0 Å². The number of benzene rings is 1. The second-order valence-corrected chi connectivity index (χ2v) is 7.33. The van der Waals surface area contributed by atoms with E-state index in [2.05, 4.69) is 69.7 Å². The van der Waals surface area contributed by atoms with E-state index in [0.717, 1.165) is 34.4 Å². The normalized spacial score (nSPS) is 16.4. The summed E-state index contributed by atoms with van der Waals surface area (Å²) < 4.78 is 3.37. The van der Waals surface area contributed by atoms with Crippen LogP contribution < -0.4 is 5.32 Å². The molecule has 3 rings (SSSR count). The van der Waals surface area contributed by atoms with E-state index in [1.165, 1.54) is 3.57 Å². The lowest BCUT2D eigenvalue weighted by Crippen LogP contribution is -2.18. The first-order chi connectivity index (χ1) is 10.5. The molecule has 4 nitrogen and oxygen atoms in total. The fourth-order valence-corrected chi connectivity index (χ4v) is 3.56. The molecule has 112 valence electrons. The molecule has 0 unspecified atom stereocenters. The Hall–Kier alpha value is -1.54. The largest absolute Gasteiger partial charge is 0.318 e. The van der Waals surface area contributed by atoms with Gasteiger partial charge in [0.25, 0.3) is 5.91 Å². The summed E-state index contributed by atoms with van der Waals surface area (Å²) in [5.41, 5.74) is 4.31. The molecule has 0 spiro atoms. The zero-order valence-corrected chi connectivity index (χ0v) is 15.1. The van der Waals surface area contributed by atoms with Crippen LogP contribution in [-0.4, -0.2) is 15.6 Å². The highest BCUT2D eigenvalue weighted by molar-refractivity contribution is 14.1. The van der Waals surface area contributed by atoms with Crippen LogP contribution in [0.15, 0.2) is 35.2 Å². The van der Waals surface area contributed by atoms with Gasteiger partial charge in [-0.05, 0) is 90.2 Å². The predicted molar refractivity (Wildman–Crippen MR) is 99.4 cm³/mol. The van der Waals surface area contributed by atoms with Gasteiger partial charge in [-0.2, -0.15) is 0 Å². The van der Waals surface area contributed by atoms with Crippen molar-refractivity contribution in [2.45, 2.75) is 13.8 Å². The van der Waals surface area contributed by atoms with Crippen molar-refractivity contribution in [1.82, 2.24) is 9.88 Å². The van der Waals surface area contributed by atoms with Gasteiger partial charge in [0.2, 0.25) is 0 Å². The van der Waals surface area contributed by atoms with Crippen LogP contribution >= 0.6 is 34.4 Å². The molecular weight excluding hydrogens is 409 g/mol. The van der Waals surface area contributed by atoms with Crippen molar-refractivity contribution in [3.63, 3.8) is 0 Å². The van der Waals surface area contributed by atoms with Crippen molar-refractivity contribution in [3.05, 3.63) is 55.8 Å². The van der Waals surface area contributed by atoms with Crippen LogP contribution in [0.3, 0.4) is 0 Å². The number of nitrogens with one attached hydrogen (secondary N) is 2. The van der Waals surface area contributed by atoms with Gasteiger partial charge >= 0.3 is 0 Å². The average molecular weight is 423 g/mol. The minimum absolute atomic E-state index is 0.183. The second kappa shape index (κ2) is 5.92. The monoisotopic (exact) mass is 423 g/mol. The number of amides is 1. The van der Waals surface area contributed by atoms with Crippen molar-refractivity contribution < 1.29 is 4.79 Å². The number of nitrogens with zero attached hydrogens (tertiary/aromatic N) is 1. The lowest BCUT2D eigenvalue weighted by Gasteiger charge is -2.09. The summed E-state index contributed by atoms with van der Waals surface area (Å²) in [4.78, 5) is 12.3. The number of amidine groups is 1. The standard InChI is InChI=1S/C16H14IN3OS/c1-9-7-11(8-14-15(21)19-16(18)22-14)10(2)20(9)13-5-3-12(17)4-6-13/h3-8H,1-2H3,(H2,18,19,21). The van der Waals surface area contributed by atoms with Crippen molar-refractivity contribution in [3.8, 4) is 5.69 Å². The molecule has 6 heteroatoms. The first-order valence-corrected chi connectivity index (χ1v) is 8.59. The van der Waals surface area contributed by atoms with E-state index < -0.39 is 0 Å². The van der Waals surface area contributed by atoms with E-state index in [0.29, 0.717) is 4.91 Å². The highest BCUT2D eigenvalue weighted by Crippen LogP contribution is 2.28. The number of thioether (sulfide) groups is 1. The number of carbonyl (C=O) groups is 1. The van der Waals surface area contributed by atoms with E-state index in [4.69, 9.17) is 5.41 Å². The Morgan fingerprint density at radius 1 is 1.27 bits per heavy atom. The summed E-state index contributed by atoms with van der Waals surface area (Å²) in [7, 11) is 0. The Kier molecular flexibility index (Phi) is 4.14. The Bertz CT molecular complexity index is 806. The third-order valence-corrected chi connectivity index (χ3v) is 5.05. The fraction of sp³-hybridized carbons (Fsp3) is 0.125. The Balaban J connectivity index is 2.04. The van der Waals surface area contributed by atoms with Crippen LogP contribution in [0.5, 0.6) is 0 Å². The van der Waals surface area contributed by atoms with Crippen LogP contribution in [0.1, 0.15) is 17.0 Å². The molecule has 0 atom stereocenters. The van der Waals surface area contributed by atoms with E-state index in [9.17, 15) is 4.79 Å². The summed E-state index contributed by atoms with van der Waals surface area (Å²) in [6, 6.07) is 10.4. The van der Waals surface area contributed by atoms with Crippen molar-refractivity contribution in [2.24, 2.45) is 0 Å². The van der Waals surface area contributed by atoms with Crippen LogP contribution in [0.25, 0.3) is 11.8 Å². The summed E-state index contributed by atoms with van der Waals surface area (Å²) >= 11 is 3.45. The van der Waals surface area contributed by atoms with Gasteiger partial charge in [-0.25, -0.2) is 0 Å². The fourth-order valence-electron chi connectivity index (χ4n) is 2.50. The number of aryl methyl sites for hydroxylation is 1. The number of hydrogen-bond donors (Lipinski definition) is 2. The lowest BCUT2D eigenvalue weighted by atomic mass is 10.2. The number of hydrogen-bond acceptors (Lipinski definition) is 3. The van der Waals surface area contributed by atoms with Crippen LogP contribution in [0.2, 0.25) is 0 Å². The highest BCUT2D eigenvalue weighted by Gasteiger charge is 2.23. The summed E-state index contributed by atoms with van der Waals surface area (Å²) in [6.07, 6.45) is 1.85. The van der Waals surface area contributed by atoms with Crippen LogP contribution in [0.4, 0.5) is 0 Å². The maximum absolute atomic E-state index is 11.8. The van der Waals surface area contributed by atoms with Crippen molar-refractivity contribution in [1.29, 1.82) is 5.41 Å². The molecule has 0 saturated carbocycles. The van der Waals surface area contributed by atoms with E-state index in [-0.39, 0.29) is 11.1 Å². The summed E-state index contributed by atoms with van der Waals surface area (Å²) in [5.74, 6) is -0.200. The zero-order chi connectivity index (χ0) is 15.9. The summed E-state index contributed by atoms with van der Waals surface area (Å²) in [5, 5.41) is 10.2. The molecule has 1 amide bonds. The molecule has 1 aliphatic rings. The second-order valence-electron chi connectivity index (χ2n) is 5.03. The van der Waals surface area contributed by atoms with Gasteiger partial charge in [0.05, 0.1) is 4.91 Å². The highest BCUT2D eigenvalue weighted by atomic mass is 127.